The van der Waals surface area contributed by atoms with Crippen molar-refractivity contribution in [1.29, 1.82) is 0 Å². The number of pyridine rings is 1. The molecule has 100 valence electrons. The number of rotatable bonds is 2. The molecule has 0 saturated carbocycles. The number of anilines is 1. The van der Waals surface area contributed by atoms with Crippen molar-refractivity contribution < 1.29 is 8.42 Å². The predicted octanol–water partition coefficient (Wildman–Crippen LogP) is 2.26. The number of nitrogens with zero attached hydrogens (tertiary/aromatic N) is 2. The summed E-state index contributed by atoms with van der Waals surface area (Å²) in [4.78, 5) is 4.60. The lowest BCUT2D eigenvalue weighted by Gasteiger charge is -2.17. The lowest BCUT2D eigenvalue weighted by atomic mass is 10.1. The van der Waals surface area contributed by atoms with Gasteiger partial charge in [0.05, 0.1) is 11.3 Å². The van der Waals surface area contributed by atoms with E-state index >= 15 is 0 Å². The number of sulfonamides is 1. The largest absolute Gasteiger partial charge is 0.253 e. The Kier molecular flexibility index (Phi) is 2.74. The second kappa shape index (κ2) is 4.20. The maximum Gasteiger partial charge on any atom is 0.236 e. The van der Waals surface area contributed by atoms with Crippen LogP contribution in [-0.4, -0.2) is 25.7 Å². The Morgan fingerprint density at radius 1 is 1.37 bits per heavy atom. The second-order valence-electron chi connectivity index (χ2n) is 4.84. The summed E-state index contributed by atoms with van der Waals surface area (Å²) in [5.74, 6) is 0.726. The number of fused-ring (bicyclic) bond motifs is 2. The topological polar surface area (TPSA) is 50.3 Å². The van der Waals surface area contributed by atoms with Gasteiger partial charge in [-0.3, -0.25) is 4.31 Å². The molecule has 19 heavy (non-hydrogen) atoms. The number of benzene rings is 1. The fraction of sp³-hybridized carbons (Fsp3) is 0.357. The first-order valence-electron chi connectivity index (χ1n) is 6.42. The fourth-order valence-electron chi connectivity index (χ4n) is 2.54. The van der Waals surface area contributed by atoms with Gasteiger partial charge in [-0.25, -0.2) is 13.4 Å². The number of aryl methyl sites for hydroxylation is 1. The molecule has 2 aromatic rings. The number of para-hydroxylation sites is 1. The van der Waals surface area contributed by atoms with Crippen LogP contribution in [0.15, 0.2) is 24.3 Å². The Morgan fingerprint density at radius 2 is 2.16 bits per heavy atom. The summed E-state index contributed by atoms with van der Waals surface area (Å²) in [6.45, 7) is 4.17. The summed E-state index contributed by atoms with van der Waals surface area (Å²) >= 11 is 0. The van der Waals surface area contributed by atoms with Crippen LogP contribution in [0.3, 0.4) is 0 Å². The summed E-state index contributed by atoms with van der Waals surface area (Å²) in [5.41, 5.74) is 2.98. The molecule has 2 heterocycles. The van der Waals surface area contributed by atoms with E-state index < -0.39 is 10.0 Å². The molecule has 0 atom stereocenters. The average molecular weight is 276 g/mol. The lowest BCUT2D eigenvalue weighted by Crippen LogP contribution is -2.31. The van der Waals surface area contributed by atoms with Crippen molar-refractivity contribution in [2.45, 2.75) is 20.3 Å². The van der Waals surface area contributed by atoms with Gasteiger partial charge in [0.25, 0.3) is 0 Å². The van der Waals surface area contributed by atoms with E-state index in [1.807, 2.05) is 25.1 Å². The van der Waals surface area contributed by atoms with Crippen LogP contribution in [0.25, 0.3) is 10.9 Å². The quantitative estimate of drug-likeness (QED) is 0.845. The molecule has 1 aromatic heterocycles. The van der Waals surface area contributed by atoms with Gasteiger partial charge in [0.15, 0.2) is 0 Å². The Balaban J connectivity index is 2.24. The van der Waals surface area contributed by atoms with Crippen molar-refractivity contribution in [3.05, 3.63) is 35.4 Å². The standard InChI is InChI=1S/C14H16N2O2S/c1-3-19(17,18)16-8-7-12-9-11-6-4-5-10(2)13(11)15-14(12)16/h4-6,9H,3,7-8H2,1-2H3. The third-order valence-corrected chi connectivity index (χ3v) is 5.38. The fourth-order valence-corrected chi connectivity index (χ4v) is 3.64. The minimum absolute atomic E-state index is 0.111. The first-order chi connectivity index (χ1) is 9.03. The molecular weight excluding hydrogens is 260 g/mol. The number of aromatic nitrogens is 1. The van der Waals surface area contributed by atoms with Crippen molar-refractivity contribution >= 4 is 26.7 Å². The normalized spacial score (nSPS) is 14.9. The van der Waals surface area contributed by atoms with Crippen molar-refractivity contribution in [3.63, 3.8) is 0 Å². The molecule has 4 nitrogen and oxygen atoms in total. The summed E-state index contributed by atoms with van der Waals surface area (Å²) in [7, 11) is -3.22. The molecule has 0 spiro atoms. The molecule has 0 saturated heterocycles. The van der Waals surface area contributed by atoms with Crippen LogP contribution in [-0.2, 0) is 16.4 Å². The van der Waals surface area contributed by atoms with Crippen molar-refractivity contribution in [2.75, 3.05) is 16.6 Å². The average Bonchev–Trinajstić information content (AvgIpc) is 2.80. The van der Waals surface area contributed by atoms with Crippen molar-refractivity contribution in [3.8, 4) is 0 Å². The molecule has 5 heteroatoms. The van der Waals surface area contributed by atoms with E-state index in [2.05, 4.69) is 11.1 Å². The van der Waals surface area contributed by atoms with Crippen LogP contribution in [0.2, 0.25) is 0 Å². The van der Waals surface area contributed by atoms with Gasteiger partial charge >= 0.3 is 0 Å². The smallest absolute Gasteiger partial charge is 0.236 e. The minimum atomic E-state index is -3.22. The molecule has 1 aromatic carbocycles. The summed E-state index contributed by atoms with van der Waals surface area (Å²) in [5, 5.41) is 1.08. The molecular formula is C14H16N2O2S. The van der Waals surface area contributed by atoms with Crippen LogP contribution in [0, 0.1) is 6.92 Å². The predicted molar refractivity (Wildman–Crippen MR) is 77.0 cm³/mol. The molecule has 0 amide bonds. The maximum atomic E-state index is 12.1. The molecule has 1 aliphatic heterocycles. The van der Waals surface area contributed by atoms with Gasteiger partial charge in [0.1, 0.15) is 5.82 Å². The molecule has 0 N–H and O–H groups in total. The van der Waals surface area contributed by atoms with E-state index in [1.54, 1.807) is 6.92 Å². The highest BCUT2D eigenvalue weighted by molar-refractivity contribution is 7.92. The Bertz CT molecular complexity index is 753. The molecule has 0 bridgehead atoms. The van der Waals surface area contributed by atoms with Gasteiger partial charge in [0, 0.05) is 11.9 Å². The Hall–Kier alpha value is -1.62. The van der Waals surface area contributed by atoms with Crippen LogP contribution < -0.4 is 4.31 Å². The van der Waals surface area contributed by atoms with Crippen LogP contribution in [0.1, 0.15) is 18.1 Å². The van der Waals surface area contributed by atoms with E-state index in [-0.39, 0.29) is 5.75 Å². The van der Waals surface area contributed by atoms with E-state index in [0.717, 1.165) is 28.5 Å². The Labute approximate surface area is 113 Å². The zero-order valence-corrected chi connectivity index (χ0v) is 11.9. The third kappa shape index (κ3) is 1.89. The molecule has 0 unspecified atom stereocenters. The monoisotopic (exact) mass is 276 g/mol. The van der Waals surface area contributed by atoms with Crippen molar-refractivity contribution in [1.82, 2.24) is 4.98 Å². The van der Waals surface area contributed by atoms with Gasteiger partial charge in [0.2, 0.25) is 10.0 Å². The van der Waals surface area contributed by atoms with Gasteiger partial charge in [-0.15, -0.1) is 0 Å². The summed E-state index contributed by atoms with van der Waals surface area (Å²) < 4.78 is 25.6. The SMILES string of the molecule is CCS(=O)(=O)N1CCc2cc3cccc(C)c3nc21. The maximum absolute atomic E-state index is 12.1. The van der Waals surface area contributed by atoms with E-state index in [9.17, 15) is 8.42 Å². The molecule has 0 fully saturated rings. The van der Waals surface area contributed by atoms with Crippen LogP contribution >= 0.6 is 0 Å². The second-order valence-corrected chi connectivity index (χ2v) is 7.02. The van der Waals surface area contributed by atoms with Crippen LogP contribution in [0.5, 0.6) is 0 Å². The highest BCUT2D eigenvalue weighted by atomic mass is 32.2. The van der Waals surface area contributed by atoms with E-state index in [0.29, 0.717) is 12.4 Å². The first kappa shape index (κ1) is 12.4. The lowest BCUT2D eigenvalue weighted by molar-refractivity contribution is 0.593. The molecule has 3 rings (SSSR count). The first-order valence-corrected chi connectivity index (χ1v) is 8.03. The number of hydrogen-bond donors (Lipinski definition) is 0. The molecule has 1 aliphatic rings. The minimum Gasteiger partial charge on any atom is -0.253 e. The Morgan fingerprint density at radius 3 is 2.89 bits per heavy atom. The summed E-state index contributed by atoms with van der Waals surface area (Å²) in [6, 6.07) is 8.08. The van der Waals surface area contributed by atoms with E-state index in [1.165, 1.54) is 4.31 Å². The van der Waals surface area contributed by atoms with Gasteiger partial charge in [-0.1, -0.05) is 18.2 Å². The van der Waals surface area contributed by atoms with Crippen LogP contribution in [0.4, 0.5) is 5.82 Å². The van der Waals surface area contributed by atoms with E-state index in [4.69, 9.17) is 0 Å². The third-order valence-electron chi connectivity index (χ3n) is 3.62. The summed E-state index contributed by atoms with van der Waals surface area (Å²) in [6.07, 6.45) is 0.742. The zero-order chi connectivity index (χ0) is 13.6. The van der Waals surface area contributed by atoms with Crippen molar-refractivity contribution in [2.24, 2.45) is 0 Å². The highest BCUT2D eigenvalue weighted by Gasteiger charge is 2.29. The molecule has 0 radical (unpaired) electrons. The highest BCUT2D eigenvalue weighted by Crippen LogP contribution is 2.32. The van der Waals surface area contributed by atoms with Gasteiger partial charge in [-0.05, 0) is 37.5 Å². The number of hydrogen-bond acceptors (Lipinski definition) is 3. The zero-order valence-electron chi connectivity index (χ0n) is 11.0. The molecule has 0 aliphatic carbocycles. The van der Waals surface area contributed by atoms with Gasteiger partial charge in [-0.2, -0.15) is 0 Å². The van der Waals surface area contributed by atoms with Gasteiger partial charge < -0.3 is 0 Å².